The summed E-state index contributed by atoms with van der Waals surface area (Å²) in [6.07, 6.45) is 0.827. The molecule has 12 heteroatoms. The number of likely N-dealkylation sites (N-methyl/N-ethyl adjacent to an activating group) is 1. The Morgan fingerprint density at radius 2 is 1.76 bits per heavy atom. The van der Waals surface area contributed by atoms with Crippen molar-refractivity contribution in [2.75, 3.05) is 67.5 Å². The van der Waals surface area contributed by atoms with Crippen LogP contribution in [0.25, 0.3) is 5.69 Å². The first-order valence-corrected chi connectivity index (χ1v) is 14.2. The normalized spacial score (nSPS) is 18.7. The minimum absolute atomic E-state index is 0.0474. The molecule has 1 aliphatic heterocycles. The number of hydrogen-bond donors (Lipinski definition) is 1. The van der Waals surface area contributed by atoms with Gasteiger partial charge in [-0.1, -0.05) is 18.2 Å². The van der Waals surface area contributed by atoms with Gasteiger partial charge >= 0.3 is 0 Å². The van der Waals surface area contributed by atoms with Gasteiger partial charge in [0.25, 0.3) is 11.5 Å². The second-order valence-corrected chi connectivity index (χ2v) is 9.96. The molecule has 0 spiro atoms. The van der Waals surface area contributed by atoms with Gasteiger partial charge in [0.15, 0.2) is 12.0 Å². The summed E-state index contributed by atoms with van der Waals surface area (Å²) in [7, 11) is 6.49. The molecule has 3 atom stereocenters. The first-order chi connectivity index (χ1) is 20.3. The van der Waals surface area contributed by atoms with E-state index in [1.807, 2.05) is 55.9 Å². The fraction of sp³-hybridized carbons (Fsp3) is 0.600. The van der Waals surface area contributed by atoms with E-state index in [-0.39, 0.29) is 42.9 Å². The fourth-order valence-corrected chi connectivity index (χ4v) is 5.08. The number of allylic oxidation sites excluding steroid dienone is 1. The first kappa shape index (κ1) is 33.5. The lowest BCUT2D eigenvalue weighted by Crippen LogP contribution is -2.42. The lowest BCUT2D eigenvalue weighted by atomic mass is 9.81. The molecule has 1 amide bonds. The number of rotatable bonds is 17. The predicted molar refractivity (Wildman–Crippen MR) is 155 cm³/mol. The highest BCUT2D eigenvalue weighted by molar-refractivity contribution is 5.91. The molecule has 12 nitrogen and oxygen atoms in total. The third-order valence-electron chi connectivity index (χ3n) is 7.36. The number of nitrogens with zero attached hydrogens (tertiary/aromatic N) is 3. The van der Waals surface area contributed by atoms with Crippen LogP contribution >= 0.6 is 0 Å². The van der Waals surface area contributed by atoms with Gasteiger partial charge in [-0.15, -0.1) is 0 Å². The second kappa shape index (κ2) is 16.6. The number of carbonyl (C=O) groups excluding carboxylic acids is 1. The molecular weight excluding hydrogens is 546 g/mol. The molecule has 1 aromatic heterocycles. The van der Waals surface area contributed by atoms with Crippen molar-refractivity contribution in [3.8, 4) is 5.69 Å². The number of carbonyl (C=O) groups is 1. The van der Waals surface area contributed by atoms with E-state index in [0.29, 0.717) is 38.4 Å². The summed E-state index contributed by atoms with van der Waals surface area (Å²) in [5, 5.41) is 8.89. The van der Waals surface area contributed by atoms with Gasteiger partial charge in [-0.25, -0.2) is 4.68 Å². The molecule has 0 aliphatic carbocycles. The number of para-hydroxylation sites is 1. The Labute approximate surface area is 247 Å². The highest BCUT2D eigenvalue weighted by Gasteiger charge is 2.41. The molecule has 0 bridgehead atoms. The van der Waals surface area contributed by atoms with Crippen LogP contribution in [0.15, 0.2) is 47.0 Å². The lowest BCUT2D eigenvalue weighted by Gasteiger charge is -2.37. The molecule has 0 saturated heterocycles. The highest BCUT2D eigenvalue weighted by Crippen LogP contribution is 2.39. The van der Waals surface area contributed by atoms with Crippen molar-refractivity contribution in [1.82, 2.24) is 14.3 Å². The van der Waals surface area contributed by atoms with E-state index in [1.54, 1.807) is 17.8 Å². The van der Waals surface area contributed by atoms with Crippen LogP contribution in [-0.4, -0.2) is 105 Å². The summed E-state index contributed by atoms with van der Waals surface area (Å²) < 4.78 is 37.3. The number of aliphatic hydroxyl groups is 1. The summed E-state index contributed by atoms with van der Waals surface area (Å²) in [6, 6.07) is 9.42. The number of ether oxygens (including phenoxy) is 6. The quantitative estimate of drug-likeness (QED) is 0.217. The molecule has 0 fully saturated rings. The summed E-state index contributed by atoms with van der Waals surface area (Å²) in [5.41, 5.74) is 1.89. The molecule has 0 saturated carbocycles. The summed E-state index contributed by atoms with van der Waals surface area (Å²) >= 11 is 0. The van der Waals surface area contributed by atoms with Crippen molar-refractivity contribution in [3.05, 3.63) is 63.8 Å². The van der Waals surface area contributed by atoms with E-state index in [0.717, 1.165) is 11.4 Å². The molecule has 2 aromatic rings. The molecule has 1 aromatic carbocycles. The molecule has 3 rings (SSSR count). The van der Waals surface area contributed by atoms with Crippen LogP contribution in [-0.2, 0) is 40.3 Å². The average molecular weight is 592 g/mol. The van der Waals surface area contributed by atoms with Gasteiger partial charge in [0.1, 0.15) is 0 Å². The van der Waals surface area contributed by atoms with Crippen LogP contribution in [0.2, 0.25) is 0 Å². The van der Waals surface area contributed by atoms with Gasteiger partial charge in [-0.2, -0.15) is 0 Å². The summed E-state index contributed by atoms with van der Waals surface area (Å²) in [6.45, 7) is 5.55. The van der Waals surface area contributed by atoms with Crippen molar-refractivity contribution >= 4 is 5.91 Å². The van der Waals surface area contributed by atoms with Crippen LogP contribution < -0.4 is 5.56 Å². The largest absolute Gasteiger partial charge is 0.459 e. The molecule has 1 N–H and O–H groups in total. The Bertz CT molecular complexity index is 1210. The monoisotopic (exact) mass is 591 g/mol. The number of hydrogen-bond acceptors (Lipinski definition) is 9. The Balaban J connectivity index is 2.02. The zero-order valence-corrected chi connectivity index (χ0v) is 25.5. The standard InChI is InChI=1S/C30H45N3O9/c1-7-41-30-23(13-15-39-17-18-40-16-14-34)24(19-25(42-30)28(35)31(3)20-26(37-5)38-6)27-21(2)32(4)33(29(27)36)22-11-9-8-10-12-22/h8-12,19,23-24,26,30,34H,7,13-18,20H2,1-6H3/t23-,24-,30+/m0/s1. The fourth-order valence-electron chi connectivity index (χ4n) is 5.08. The smallest absolute Gasteiger partial charge is 0.288 e. The highest BCUT2D eigenvalue weighted by atomic mass is 16.7. The first-order valence-electron chi connectivity index (χ1n) is 14.2. The number of aliphatic hydroxyl groups excluding tert-OH is 1. The van der Waals surface area contributed by atoms with Gasteiger partial charge in [0.2, 0.25) is 6.29 Å². The minimum atomic E-state index is -0.795. The molecular formula is C30H45N3O9. The van der Waals surface area contributed by atoms with E-state index < -0.39 is 18.5 Å². The molecule has 2 heterocycles. The SMILES string of the molecule is CCO[C@@H]1OC(C(=O)N(C)CC(OC)OC)=C[C@H](c2c(C)n(C)n(-c3ccccc3)c2=O)[C@@H]1CCOCCOCCO. The Kier molecular flexibility index (Phi) is 13.2. The van der Waals surface area contributed by atoms with Crippen LogP contribution in [0, 0.1) is 12.8 Å². The molecule has 0 unspecified atom stereocenters. The molecule has 1 aliphatic rings. The molecule has 42 heavy (non-hydrogen) atoms. The molecule has 234 valence electrons. The Morgan fingerprint density at radius 3 is 2.38 bits per heavy atom. The topological polar surface area (TPSA) is 123 Å². The Morgan fingerprint density at radius 1 is 1.10 bits per heavy atom. The van der Waals surface area contributed by atoms with E-state index in [4.69, 9.17) is 33.5 Å². The van der Waals surface area contributed by atoms with E-state index in [2.05, 4.69) is 0 Å². The summed E-state index contributed by atoms with van der Waals surface area (Å²) in [4.78, 5) is 29.1. The second-order valence-electron chi connectivity index (χ2n) is 9.96. The number of benzene rings is 1. The van der Waals surface area contributed by atoms with Gasteiger partial charge in [0.05, 0.1) is 38.7 Å². The summed E-state index contributed by atoms with van der Waals surface area (Å²) in [5.74, 6) is -1.11. The maximum atomic E-state index is 14.1. The van der Waals surface area contributed by atoms with Gasteiger partial charge in [-0.05, 0) is 38.5 Å². The lowest BCUT2D eigenvalue weighted by molar-refractivity contribution is -0.174. The van der Waals surface area contributed by atoms with Gasteiger partial charge < -0.3 is 38.4 Å². The number of aromatic nitrogens is 2. The van der Waals surface area contributed by atoms with Crippen LogP contribution in [0.4, 0.5) is 0 Å². The van der Waals surface area contributed by atoms with Crippen molar-refractivity contribution in [2.24, 2.45) is 13.0 Å². The van der Waals surface area contributed by atoms with E-state index in [1.165, 1.54) is 19.1 Å². The molecule has 0 radical (unpaired) electrons. The van der Waals surface area contributed by atoms with Crippen molar-refractivity contribution in [1.29, 1.82) is 0 Å². The third-order valence-corrected chi connectivity index (χ3v) is 7.36. The van der Waals surface area contributed by atoms with Crippen LogP contribution in [0.5, 0.6) is 0 Å². The minimum Gasteiger partial charge on any atom is -0.459 e. The van der Waals surface area contributed by atoms with Crippen molar-refractivity contribution < 1.29 is 38.3 Å². The van der Waals surface area contributed by atoms with Gasteiger partial charge in [-0.3, -0.25) is 14.3 Å². The number of methoxy groups -OCH3 is 2. The third kappa shape index (κ3) is 8.09. The maximum Gasteiger partial charge on any atom is 0.288 e. The van der Waals surface area contributed by atoms with Crippen LogP contribution in [0.1, 0.15) is 30.5 Å². The van der Waals surface area contributed by atoms with Gasteiger partial charge in [0, 0.05) is 64.6 Å². The Hall–Kier alpha value is -3.00. The average Bonchev–Trinajstić information content (AvgIpc) is 3.22. The number of amides is 1. The predicted octanol–water partition coefficient (Wildman–Crippen LogP) is 1.95. The zero-order chi connectivity index (χ0) is 30.6. The van der Waals surface area contributed by atoms with Crippen molar-refractivity contribution in [2.45, 2.75) is 38.8 Å². The van der Waals surface area contributed by atoms with E-state index in [9.17, 15) is 9.59 Å². The van der Waals surface area contributed by atoms with E-state index >= 15 is 0 Å². The van der Waals surface area contributed by atoms with Crippen LogP contribution in [0.3, 0.4) is 0 Å². The maximum absolute atomic E-state index is 14.1. The zero-order valence-electron chi connectivity index (χ0n) is 25.5. The van der Waals surface area contributed by atoms with Crippen molar-refractivity contribution in [3.63, 3.8) is 0 Å².